The highest BCUT2D eigenvalue weighted by Crippen LogP contribution is 2.31. The molecule has 3 aromatic rings. The predicted octanol–water partition coefficient (Wildman–Crippen LogP) is 3.36. The highest BCUT2D eigenvalue weighted by molar-refractivity contribution is 7.07. The third-order valence-electron chi connectivity index (χ3n) is 5.12. The molecular weight excluding hydrogens is 466 g/mol. The van der Waals surface area contributed by atoms with Crippen molar-refractivity contribution in [2.75, 3.05) is 6.61 Å². The van der Waals surface area contributed by atoms with Crippen LogP contribution >= 0.6 is 22.9 Å². The van der Waals surface area contributed by atoms with E-state index in [1.165, 1.54) is 16.7 Å². The highest BCUT2D eigenvalue weighted by atomic mass is 35.5. The van der Waals surface area contributed by atoms with Gasteiger partial charge >= 0.3 is 5.97 Å². The number of benzene rings is 2. The lowest BCUT2D eigenvalue weighted by Gasteiger charge is -2.24. The van der Waals surface area contributed by atoms with Gasteiger partial charge < -0.3 is 4.74 Å². The lowest BCUT2D eigenvalue weighted by atomic mass is 9.96. The van der Waals surface area contributed by atoms with E-state index in [1.54, 1.807) is 56.3 Å². The van der Waals surface area contributed by atoms with Gasteiger partial charge in [0.2, 0.25) is 0 Å². The molecule has 1 unspecified atom stereocenters. The number of ether oxygens (including phenoxy) is 1. The number of carbonyl (C=O) groups is 1. The van der Waals surface area contributed by atoms with Crippen LogP contribution < -0.4 is 14.9 Å². The van der Waals surface area contributed by atoms with Crippen LogP contribution in [0, 0.1) is 10.1 Å². The Kier molecular flexibility index (Phi) is 6.26. The molecule has 1 aliphatic heterocycles. The average molecular weight is 484 g/mol. The number of para-hydroxylation sites is 1. The van der Waals surface area contributed by atoms with Gasteiger partial charge in [-0.05, 0) is 43.7 Å². The van der Waals surface area contributed by atoms with Crippen LogP contribution in [0.2, 0.25) is 5.02 Å². The van der Waals surface area contributed by atoms with E-state index >= 15 is 0 Å². The average Bonchev–Trinajstić information content (AvgIpc) is 3.08. The Balaban J connectivity index is 1.98. The number of nitro groups is 1. The van der Waals surface area contributed by atoms with Crippen molar-refractivity contribution >= 4 is 40.7 Å². The van der Waals surface area contributed by atoms with Gasteiger partial charge in [-0.15, -0.1) is 0 Å². The molecule has 0 bridgehead atoms. The smallest absolute Gasteiger partial charge is 0.338 e. The number of halogens is 1. The summed E-state index contributed by atoms with van der Waals surface area (Å²) in [5.41, 5.74) is 1.13. The van der Waals surface area contributed by atoms with Crippen molar-refractivity contribution in [1.29, 1.82) is 0 Å². The molecule has 0 amide bonds. The Morgan fingerprint density at radius 3 is 2.64 bits per heavy atom. The quantitative estimate of drug-likeness (QED) is 0.314. The first-order valence-corrected chi connectivity index (χ1v) is 11.2. The van der Waals surface area contributed by atoms with Gasteiger partial charge in [-0.1, -0.05) is 47.2 Å². The molecule has 0 fully saturated rings. The standard InChI is InChI=1S/C23H18ClN3O5S/c1-3-32-22(29)19-13(2)25-23-26(20(19)14-8-10-16(24)11-9-14)21(28)18(33-23)12-15-6-4-5-7-17(15)27(30)31/h4-12,20H,3H2,1-2H3. The number of allylic oxidation sites excluding steroid dienone is 1. The number of rotatable bonds is 5. The number of thiazole rings is 1. The van der Waals surface area contributed by atoms with Gasteiger partial charge in [0.1, 0.15) is 0 Å². The van der Waals surface area contributed by atoms with Crippen LogP contribution in [0.3, 0.4) is 0 Å². The minimum Gasteiger partial charge on any atom is -0.463 e. The molecule has 33 heavy (non-hydrogen) atoms. The van der Waals surface area contributed by atoms with E-state index in [0.29, 0.717) is 26.6 Å². The second kappa shape index (κ2) is 9.13. The van der Waals surface area contributed by atoms with Gasteiger partial charge in [-0.25, -0.2) is 9.79 Å². The maximum absolute atomic E-state index is 13.5. The zero-order valence-electron chi connectivity index (χ0n) is 17.6. The number of hydrogen-bond acceptors (Lipinski definition) is 7. The molecule has 1 aliphatic rings. The van der Waals surface area contributed by atoms with E-state index in [9.17, 15) is 19.7 Å². The number of nitro benzene ring substituents is 1. The molecule has 1 atom stereocenters. The number of esters is 1. The molecular formula is C23H18ClN3O5S. The molecule has 0 saturated heterocycles. The molecule has 10 heteroatoms. The van der Waals surface area contributed by atoms with Gasteiger partial charge in [-0.3, -0.25) is 19.5 Å². The van der Waals surface area contributed by atoms with Crippen molar-refractivity contribution < 1.29 is 14.5 Å². The summed E-state index contributed by atoms with van der Waals surface area (Å²) in [5.74, 6) is -0.563. The Morgan fingerprint density at radius 1 is 1.27 bits per heavy atom. The number of aromatic nitrogens is 1. The Bertz CT molecular complexity index is 1470. The van der Waals surface area contributed by atoms with Crippen molar-refractivity contribution in [3.8, 4) is 0 Å². The fourth-order valence-corrected chi connectivity index (χ4v) is 4.83. The first-order chi connectivity index (χ1) is 15.8. The molecule has 0 aliphatic carbocycles. The monoisotopic (exact) mass is 483 g/mol. The predicted molar refractivity (Wildman–Crippen MR) is 125 cm³/mol. The summed E-state index contributed by atoms with van der Waals surface area (Å²) < 4.78 is 6.94. The van der Waals surface area contributed by atoms with Crippen LogP contribution in [0.15, 0.2) is 69.6 Å². The number of hydrogen-bond donors (Lipinski definition) is 0. The topological polar surface area (TPSA) is 104 Å². The Labute approximate surface area is 196 Å². The van der Waals surface area contributed by atoms with Crippen molar-refractivity contribution in [2.45, 2.75) is 19.9 Å². The normalized spacial score (nSPS) is 15.7. The SMILES string of the molecule is CCOC(=O)C1=C(C)N=c2sc(=Cc3ccccc3[N+](=O)[O-])c(=O)n2C1c1ccc(Cl)cc1. The fourth-order valence-electron chi connectivity index (χ4n) is 3.67. The third kappa shape index (κ3) is 4.24. The molecule has 2 aromatic carbocycles. The van der Waals surface area contributed by atoms with Gasteiger partial charge in [0.15, 0.2) is 4.80 Å². The summed E-state index contributed by atoms with van der Waals surface area (Å²) >= 11 is 7.15. The zero-order valence-corrected chi connectivity index (χ0v) is 19.2. The Hall–Kier alpha value is -3.56. The second-order valence-corrected chi connectivity index (χ2v) is 8.62. The summed E-state index contributed by atoms with van der Waals surface area (Å²) in [7, 11) is 0. The molecule has 4 rings (SSSR count). The van der Waals surface area contributed by atoms with Gasteiger partial charge in [-0.2, -0.15) is 0 Å². The first kappa shape index (κ1) is 22.6. The molecule has 1 aromatic heterocycles. The minimum absolute atomic E-state index is 0.110. The lowest BCUT2D eigenvalue weighted by Crippen LogP contribution is -2.39. The zero-order chi connectivity index (χ0) is 23.7. The number of nitrogens with zero attached hydrogens (tertiary/aromatic N) is 3. The second-order valence-electron chi connectivity index (χ2n) is 7.17. The highest BCUT2D eigenvalue weighted by Gasteiger charge is 2.33. The van der Waals surface area contributed by atoms with E-state index in [0.717, 1.165) is 11.3 Å². The summed E-state index contributed by atoms with van der Waals surface area (Å²) in [6.45, 7) is 3.56. The van der Waals surface area contributed by atoms with Crippen LogP contribution in [0.1, 0.15) is 31.0 Å². The van der Waals surface area contributed by atoms with E-state index in [-0.39, 0.29) is 22.4 Å². The van der Waals surface area contributed by atoms with E-state index in [4.69, 9.17) is 16.3 Å². The summed E-state index contributed by atoms with van der Waals surface area (Å²) in [6.07, 6.45) is 1.48. The summed E-state index contributed by atoms with van der Waals surface area (Å²) in [4.78, 5) is 42.1. The van der Waals surface area contributed by atoms with Gasteiger partial charge in [0.25, 0.3) is 11.2 Å². The fraction of sp³-hybridized carbons (Fsp3) is 0.174. The number of carbonyl (C=O) groups excluding carboxylic acids is 1. The van der Waals surface area contributed by atoms with Crippen LogP contribution in [-0.2, 0) is 9.53 Å². The first-order valence-electron chi connectivity index (χ1n) is 10.0. The van der Waals surface area contributed by atoms with E-state index in [2.05, 4.69) is 4.99 Å². The van der Waals surface area contributed by atoms with Gasteiger partial charge in [0.05, 0.1) is 38.9 Å². The lowest BCUT2D eigenvalue weighted by molar-refractivity contribution is -0.385. The number of fused-ring (bicyclic) bond motifs is 1. The molecule has 2 heterocycles. The third-order valence-corrected chi connectivity index (χ3v) is 6.36. The van der Waals surface area contributed by atoms with Crippen molar-refractivity contribution in [2.24, 2.45) is 4.99 Å². The molecule has 0 N–H and O–H groups in total. The largest absolute Gasteiger partial charge is 0.463 e. The molecule has 168 valence electrons. The van der Waals surface area contributed by atoms with E-state index < -0.39 is 22.5 Å². The maximum atomic E-state index is 13.5. The van der Waals surface area contributed by atoms with E-state index in [1.807, 2.05) is 0 Å². The molecule has 8 nitrogen and oxygen atoms in total. The molecule has 0 radical (unpaired) electrons. The maximum Gasteiger partial charge on any atom is 0.338 e. The molecule has 0 spiro atoms. The van der Waals surface area contributed by atoms with Crippen molar-refractivity contribution in [3.05, 3.63) is 106 Å². The van der Waals surface area contributed by atoms with Crippen LogP contribution in [0.4, 0.5) is 5.69 Å². The summed E-state index contributed by atoms with van der Waals surface area (Å²) in [5, 5.41) is 11.9. The summed E-state index contributed by atoms with van der Waals surface area (Å²) in [6, 6.07) is 12.2. The van der Waals surface area contributed by atoms with Gasteiger partial charge in [0, 0.05) is 11.1 Å². The van der Waals surface area contributed by atoms with Crippen molar-refractivity contribution in [3.63, 3.8) is 0 Å². The van der Waals surface area contributed by atoms with Crippen LogP contribution in [0.25, 0.3) is 6.08 Å². The van der Waals surface area contributed by atoms with Crippen LogP contribution in [0.5, 0.6) is 0 Å². The van der Waals surface area contributed by atoms with Crippen LogP contribution in [-0.4, -0.2) is 22.1 Å². The van der Waals surface area contributed by atoms with Crippen molar-refractivity contribution in [1.82, 2.24) is 4.57 Å². The minimum atomic E-state index is -0.773. The molecule has 0 saturated carbocycles. The Morgan fingerprint density at radius 2 is 1.97 bits per heavy atom.